The number of aliphatic carboxylic acids is 1. The van der Waals surface area contributed by atoms with Crippen LogP contribution in [0.5, 0.6) is 11.5 Å². The van der Waals surface area contributed by atoms with Crippen molar-refractivity contribution < 1.29 is 24.2 Å². The van der Waals surface area contributed by atoms with E-state index in [-0.39, 0.29) is 11.7 Å². The van der Waals surface area contributed by atoms with Gasteiger partial charge in [0.25, 0.3) is 5.91 Å². The standard InChI is InChI=1S/C21H20N2O5S/c1-13-6-4-5-7-15(13)22-21-23(2)20(26)18(29-21)11-14-8-9-16(17(10-14)27-3)28-12-19(24)25/h4-11H,12H2,1-3H3,(H,24,25)/p-1/b18-11+,22-21?. The number of methoxy groups -OCH3 is 1. The lowest BCUT2D eigenvalue weighted by molar-refractivity contribution is -0.307. The second-order valence-electron chi connectivity index (χ2n) is 6.23. The lowest BCUT2D eigenvalue weighted by atomic mass is 10.2. The van der Waals surface area contributed by atoms with E-state index in [1.54, 1.807) is 31.3 Å². The number of hydrogen-bond donors (Lipinski definition) is 0. The van der Waals surface area contributed by atoms with Crippen molar-refractivity contribution >= 4 is 40.6 Å². The van der Waals surface area contributed by atoms with E-state index in [0.717, 1.165) is 11.3 Å². The molecule has 1 saturated heterocycles. The van der Waals surface area contributed by atoms with Crippen molar-refractivity contribution in [3.63, 3.8) is 0 Å². The van der Waals surface area contributed by atoms with Crippen molar-refractivity contribution in [2.45, 2.75) is 6.92 Å². The number of nitrogens with zero attached hydrogens (tertiary/aromatic N) is 2. The number of carboxylic acid groups (broad SMARTS) is 1. The molecular weight excluding hydrogens is 392 g/mol. The van der Waals surface area contributed by atoms with Crippen molar-refractivity contribution in [2.24, 2.45) is 4.99 Å². The van der Waals surface area contributed by atoms with Crippen LogP contribution < -0.4 is 14.6 Å². The van der Waals surface area contributed by atoms with Crippen LogP contribution in [0.2, 0.25) is 0 Å². The Balaban J connectivity index is 1.86. The zero-order valence-electron chi connectivity index (χ0n) is 16.2. The maximum atomic E-state index is 12.6. The van der Waals surface area contributed by atoms with E-state index in [4.69, 9.17) is 9.47 Å². The first-order chi connectivity index (χ1) is 13.9. The number of carboxylic acids is 1. The summed E-state index contributed by atoms with van der Waals surface area (Å²) in [6.07, 6.45) is 1.73. The van der Waals surface area contributed by atoms with Crippen molar-refractivity contribution in [2.75, 3.05) is 20.8 Å². The predicted molar refractivity (Wildman–Crippen MR) is 110 cm³/mol. The molecule has 1 amide bonds. The van der Waals surface area contributed by atoms with Crippen LogP contribution in [-0.4, -0.2) is 42.7 Å². The third kappa shape index (κ3) is 4.78. The van der Waals surface area contributed by atoms with E-state index in [2.05, 4.69) is 4.99 Å². The molecule has 0 radical (unpaired) electrons. The monoisotopic (exact) mass is 411 g/mol. The number of para-hydroxylation sites is 1. The molecule has 29 heavy (non-hydrogen) atoms. The van der Waals surface area contributed by atoms with Crippen molar-refractivity contribution in [3.05, 3.63) is 58.5 Å². The molecule has 0 N–H and O–H groups in total. The fourth-order valence-corrected chi connectivity index (χ4v) is 3.60. The van der Waals surface area contributed by atoms with Gasteiger partial charge in [0.15, 0.2) is 16.7 Å². The molecule has 150 valence electrons. The summed E-state index contributed by atoms with van der Waals surface area (Å²) in [5, 5.41) is 11.2. The molecule has 2 aromatic rings. The van der Waals surface area contributed by atoms with E-state index in [9.17, 15) is 14.7 Å². The fourth-order valence-electron chi connectivity index (χ4n) is 2.62. The second-order valence-corrected chi connectivity index (χ2v) is 7.24. The average Bonchev–Trinajstić information content (AvgIpc) is 2.96. The Labute approximate surface area is 172 Å². The smallest absolute Gasteiger partial charge is 0.266 e. The van der Waals surface area contributed by atoms with Gasteiger partial charge >= 0.3 is 0 Å². The number of likely N-dealkylation sites (N-methyl/N-ethyl adjacent to an activating group) is 1. The molecule has 0 aliphatic carbocycles. The molecule has 0 spiro atoms. The first-order valence-electron chi connectivity index (χ1n) is 8.71. The highest BCUT2D eigenvalue weighted by molar-refractivity contribution is 8.18. The number of hydrogen-bond acceptors (Lipinski definition) is 7. The SMILES string of the molecule is COc1cc(/C=C2/SC(=Nc3ccccc3C)N(C)C2=O)ccc1OCC(=O)[O-]. The number of carbonyl (C=O) groups is 2. The van der Waals surface area contributed by atoms with Gasteiger partial charge in [-0.1, -0.05) is 24.3 Å². The second kappa shape index (κ2) is 8.83. The van der Waals surface area contributed by atoms with Crippen LogP contribution in [0.3, 0.4) is 0 Å². The van der Waals surface area contributed by atoms with Crippen LogP contribution in [0, 0.1) is 6.92 Å². The minimum Gasteiger partial charge on any atom is -0.546 e. The highest BCUT2D eigenvalue weighted by Crippen LogP contribution is 2.35. The number of amidine groups is 1. The van der Waals surface area contributed by atoms with Crippen molar-refractivity contribution in [1.29, 1.82) is 0 Å². The fraction of sp³-hybridized carbons (Fsp3) is 0.190. The number of amides is 1. The molecule has 0 saturated carbocycles. The number of rotatable bonds is 6. The zero-order valence-corrected chi connectivity index (χ0v) is 17.0. The quantitative estimate of drug-likeness (QED) is 0.678. The normalized spacial score (nSPS) is 16.5. The summed E-state index contributed by atoms with van der Waals surface area (Å²) in [5.74, 6) is -0.838. The van der Waals surface area contributed by atoms with Gasteiger partial charge in [-0.05, 0) is 54.1 Å². The minimum atomic E-state index is -1.32. The molecule has 1 aliphatic heterocycles. The van der Waals surface area contributed by atoms with Gasteiger partial charge in [-0.3, -0.25) is 9.69 Å². The number of benzene rings is 2. The van der Waals surface area contributed by atoms with Gasteiger partial charge in [-0.2, -0.15) is 0 Å². The first kappa shape index (κ1) is 20.5. The Kier molecular flexibility index (Phi) is 6.23. The molecule has 0 aromatic heterocycles. The lowest BCUT2D eigenvalue weighted by Gasteiger charge is -2.11. The summed E-state index contributed by atoms with van der Waals surface area (Å²) in [7, 11) is 3.14. The molecule has 1 fully saturated rings. The molecule has 3 rings (SSSR count). The summed E-state index contributed by atoms with van der Waals surface area (Å²) in [4.78, 5) is 29.8. The molecule has 7 nitrogen and oxygen atoms in total. The highest BCUT2D eigenvalue weighted by atomic mass is 32.2. The van der Waals surface area contributed by atoms with Crippen LogP contribution in [0.1, 0.15) is 11.1 Å². The van der Waals surface area contributed by atoms with Crippen LogP contribution in [-0.2, 0) is 9.59 Å². The van der Waals surface area contributed by atoms with E-state index in [1.165, 1.54) is 23.8 Å². The summed E-state index contributed by atoms with van der Waals surface area (Å²) >= 11 is 1.29. The molecule has 2 aromatic carbocycles. The average molecular weight is 411 g/mol. The van der Waals surface area contributed by atoms with Crippen LogP contribution in [0.15, 0.2) is 52.4 Å². The molecule has 8 heteroatoms. The Hall–Kier alpha value is -3.26. The van der Waals surface area contributed by atoms with Crippen molar-refractivity contribution in [3.8, 4) is 11.5 Å². The maximum Gasteiger partial charge on any atom is 0.266 e. The largest absolute Gasteiger partial charge is 0.546 e. The Bertz CT molecular complexity index is 1020. The van der Waals surface area contributed by atoms with E-state index in [1.807, 2.05) is 31.2 Å². The predicted octanol–water partition coefficient (Wildman–Crippen LogP) is 2.37. The van der Waals surface area contributed by atoms with Gasteiger partial charge in [0, 0.05) is 7.05 Å². The van der Waals surface area contributed by atoms with Gasteiger partial charge in [0.2, 0.25) is 0 Å². The van der Waals surface area contributed by atoms with Gasteiger partial charge < -0.3 is 19.4 Å². The van der Waals surface area contributed by atoms with Crippen LogP contribution in [0.25, 0.3) is 6.08 Å². The summed E-state index contributed by atoms with van der Waals surface area (Å²) in [6, 6.07) is 12.7. The Morgan fingerprint density at radius 2 is 2.00 bits per heavy atom. The Morgan fingerprint density at radius 1 is 1.24 bits per heavy atom. The number of aliphatic imine (C=N–C) groups is 1. The zero-order chi connectivity index (χ0) is 21.0. The van der Waals surface area contributed by atoms with Gasteiger partial charge in [0.1, 0.15) is 6.61 Å². The van der Waals surface area contributed by atoms with Crippen molar-refractivity contribution in [1.82, 2.24) is 4.90 Å². The first-order valence-corrected chi connectivity index (χ1v) is 9.53. The molecule has 1 aliphatic rings. The van der Waals surface area contributed by atoms with E-state index in [0.29, 0.717) is 21.4 Å². The molecule has 0 unspecified atom stereocenters. The minimum absolute atomic E-state index is 0.154. The Morgan fingerprint density at radius 3 is 2.69 bits per heavy atom. The third-order valence-electron chi connectivity index (χ3n) is 4.17. The highest BCUT2D eigenvalue weighted by Gasteiger charge is 2.30. The molecule has 0 bridgehead atoms. The van der Waals surface area contributed by atoms with Gasteiger partial charge in [0.05, 0.1) is 23.7 Å². The number of ether oxygens (including phenoxy) is 2. The van der Waals surface area contributed by atoms with Crippen LogP contribution in [0.4, 0.5) is 5.69 Å². The summed E-state index contributed by atoms with van der Waals surface area (Å²) in [6.45, 7) is 1.39. The summed E-state index contributed by atoms with van der Waals surface area (Å²) in [5.41, 5.74) is 2.55. The van der Waals surface area contributed by atoms with E-state index < -0.39 is 12.6 Å². The van der Waals surface area contributed by atoms with Gasteiger partial charge in [-0.25, -0.2) is 4.99 Å². The number of aryl methyl sites for hydroxylation is 1. The van der Waals surface area contributed by atoms with Crippen LogP contribution >= 0.6 is 11.8 Å². The lowest BCUT2D eigenvalue weighted by Crippen LogP contribution is -2.29. The molecule has 0 atom stereocenters. The maximum absolute atomic E-state index is 12.6. The van der Waals surface area contributed by atoms with E-state index >= 15 is 0 Å². The number of carbonyl (C=O) groups excluding carboxylic acids is 2. The third-order valence-corrected chi connectivity index (χ3v) is 5.23. The topological polar surface area (TPSA) is 91.3 Å². The van der Waals surface area contributed by atoms with Gasteiger partial charge in [-0.15, -0.1) is 0 Å². The summed E-state index contributed by atoms with van der Waals surface area (Å²) < 4.78 is 10.4. The molecular formula is C21H19N2O5S-. The molecule has 1 heterocycles. The number of thioether (sulfide) groups is 1.